The van der Waals surface area contributed by atoms with Crippen LogP contribution in [0.1, 0.15) is 38.1 Å². The molecule has 3 amide bonds. The molecule has 1 aliphatic rings. The number of nitrogens with one attached hydrogen (secondary N) is 1. The first-order valence-corrected chi connectivity index (χ1v) is 9.87. The summed E-state index contributed by atoms with van der Waals surface area (Å²) in [7, 11) is 0. The van der Waals surface area contributed by atoms with Crippen molar-refractivity contribution >= 4 is 23.4 Å². The highest BCUT2D eigenvalue weighted by Gasteiger charge is 2.32. The minimum atomic E-state index is -0.622. The van der Waals surface area contributed by atoms with Gasteiger partial charge in [0.1, 0.15) is 12.4 Å². The number of carbonyl (C=O) groups is 3. The smallest absolute Gasteiger partial charge is 0.312 e. The Morgan fingerprint density at radius 3 is 2.62 bits per heavy atom. The Morgan fingerprint density at radius 1 is 1.17 bits per heavy atom. The fourth-order valence-electron chi connectivity index (χ4n) is 3.44. The summed E-state index contributed by atoms with van der Waals surface area (Å²) in [6, 6.07) is 7.59. The molecule has 1 aliphatic heterocycles. The molecule has 0 bridgehead atoms. The van der Waals surface area contributed by atoms with E-state index in [9.17, 15) is 14.4 Å². The molecule has 0 atom stereocenters. The van der Waals surface area contributed by atoms with Crippen LogP contribution >= 0.6 is 0 Å². The van der Waals surface area contributed by atoms with Gasteiger partial charge in [-0.25, -0.2) is 4.98 Å². The molecule has 8 nitrogen and oxygen atoms in total. The summed E-state index contributed by atoms with van der Waals surface area (Å²) in [5.41, 5.74) is 1.69. The highest BCUT2D eigenvalue weighted by atomic mass is 16.2. The maximum absolute atomic E-state index is 12.4. The molecule has 3 rings (SSSR count). The van der Waals surface area contributed by atoms with Crippen LogP contribution in [-0.4, -0.2) is 63.3 Å². The van der Waals surface area contributed by atoms with Gasteiger partial charge in [0.05, 0.1) is 0 Å². The first kappa shape index (κ1) is 20.6. The maximum atomic E-state index is 12.4. The third kappa shape index (κ3) is 4.82. The topological polar surface area (TPSA) is 87.5 Å². The molecule has 2 aromatic rings. The fraction of sp³-hybridized carbons (Fsp3) is 0.429. The van der Waals surface area contributed by atoms with Gasteiger partial charge < -0.3 is 19.7 Å². The van der Waals surface area contributed by atoms with Gasteiger partial charge in [-0.3, -0.25) is 14.4 Å². The van der Waals surface area contributed by atoms with Gasteiger partial charge in [-0.2, -0.15) is 0 Å². The Bertz CT molecular complexity index is 905. The van der Waals surface area contributed by atoms with Crippen LogP contribution < -0.4 is 5.32 Å². The molecule has 29 heavy (non-hydrogen) atoms. The predicted octanol–water partition coefficient (Wildman–Crippen LogP) is 1.68. The average Bonchev–Trinajstić information content (AvgIpc) is 3.14. The van der Waals surface area contributed by atoms with Crippen LogP contribution in [0.15, 0.2) is 36.7 Å². The number of aromatic nitrogens is 2. The number of hydrogen-bond donors (Lipinski definition) is 1. The third-order valence-corrected chi connectivity index (χ3v) is 4.94. The van der Waals surface area contributed by atoms with Crippen molar-refractivity contribution in [3.8, 4) is 0 Å². The number of imidazole rings is 1. The van der Waals surface area contributed by atoms with Crippen molar-refractivity contribution in [1.29, 1.82) is 0 Å². The number of hydrogen-bond acceptors (Lipinski definition) is 4. The number of amides is 3. The molecule has 154 valence electrons. The van der Waals surface area contributed by atoms with E-state index in [0.29, 0.717) is 37.8 Å². The molecule has 1 N–H and O–H groups in total. The summed E-state index contributed by atoms with van der Waals surface area (Å²) in [6.45, 7) is 7.86. The van der Waals surface area contributed by atoms with Gasteiger partial charge in [0.25, 0.3) is 0 Å². The average molecular weight is 397 g/mol. The van der Waals surface area contributed by atoms with Crippen molar-refractivity contribution in [1.82, 2.24) is 19.4 Å². The molecule has 8 heteroatoms. The van der Waals surface area contributed by atoms with E-state index in [1.807, 2.05) is 31.3 Å². The number of likely N-dealkylation sites (N-methyl/N-ethyl adjacent to an activating group) is 1. The number of rotatable bonds is 7. The van der Waals surface area contributed by atoms with Crippen molar-refractivity contribution in [2.24, 2.45) is 0 Å². The van der Waals surface area contributed by atoms with E-state index in [-0.39, 0.29) is 12.5 Å². The van der Waals surface area contributed by atoms with Crippen LogP contribution in [-0.2, 0) is 20.9 Å². The van der Waals surface area contributed by atoms with Crippen molar-refractivity contribution in [2.75, 3.05) is 31.5 Å². The van der Waals surface area contributed by atoms with Crippen LogP contribution in [0.2, 0.25) is 0 Å². The molecular formula is C21H27N5O3. The first-order chi connectivity index (χ1) is 13.9. The minimum absolute atomic E-state index is 0.134. The second-order valence-corrected chi connectivity index (χ2v) is 7.43. The van der Waals surface area contributed by atoms with Crippen molar-refractivity contribution in [2.45, 2.75) is 33.2 Å². The second kappa shape index (κ2) is 8.89. The van der Waals surface area contributed by atoms with Crippen LogP contribution in [0.25, 0.3) is 0 Å². The summed E-state index contributed by atoms with van der Waals surface area (Å²) in [5.74, 6) is -0.160. The lowest BCUT2D eigenvalue weighted by molar-refractivity contribution is -0.156. The van der Waals surface area contributed by atoms with Gasteiger partial charge in [-0.05, 0) is 24.6 Å². The number of benzene rings is 1. The molecule has 2 heterocycles. The molecule has 0 aliphatic carbocycles. The fourth-order valence-corrected chi connectivity index (χ4v) is 3.44. The Morgan fingerprint density at radius 2 is 1.90 bits per heavy atom. The largest absolute Gasteiger partial charge is 0.333 e. The summed E-state index contributed by atoms with van der Waals surface area (Å²) in [6.07, 6.45) is 3.73. The van der Waals surface area contributed by atoms with Gasteiger partial charge in [-0.1, -0.05) is 26.0 Å². The molecular weight excluding hydrogens is 370 g/mol. The van der Waals surface area contributed by atoms with Gasteiger partial charge in [0.15, 0.2) is 0 Å². The maximum Gasteiger partial charge on any atom is 0.312 e. The monoisotopic (exact) mass is 397 g/mol. The molecule has 0 unspecified atom stereocenters. The third-order valence-electron chi connectivity index (χ3n) is 4.94. The Balaban J connectivity index is 1.61. The summed E-state index contributed by atoms with van der Waals surface area (Å²) in [5, 5.41) is 2.82. The van der Waals surface area contributed by atoms with Crippen LogP contribution in [0.5, 0.6) is 0 Å². The van der Waals surface area contributed by atoms with Gasteiger partial charge >= 0.3 is 11.8 Å². The van der Waals surface area contributed by atoms with E-state index in [4.69, 9.17) is 0 Å². The molecule has 1 fully saturated rings. The van der Waals surface area contributed by atoms with Gasteiger partial charge in [0.2, 0.25) is 5.91 Å². The lowest BCUT2D eigenvalue weighted by Crippen LogP contribution is -2.55. The second-order valence-electron chi connectivity index (χ2n) is 7.43. The minimum Gasteiger partial charge on any atom is -0.333 e. The molecule has 0 spiro atoms. The van der Waals surface area contributed by atoms with E-state index < -0.39 is 11.8 Å². The lowest BCUT2D eigenvalue weighted by Gasteiger charge is -2.32. The van der Waals surface area contributed by atoms with Crippen LogP contribution in [0, 0.1) is 0 Å². The van der Waals surface area contributed by atoms with Gasteiger partial charge in [0, 0.05) is 50.2 Å². The highest BCUT2D eigenvalue weighted by Crippen LogP contribution is 2.16. The van der Waals surface area contributed by atoms with Crippen LogP contribution in [0.4, 0.5) is 5.69 Å². The Kier molecular flexibility index (Phi) is 6.31. The van der Waals surface area contributed by atoms with E-state index in [2.05, 4.69) is 28.7 Å². The molecule has 1 saturated heterocycles. The van der Waals surface area contributed by atoms with Crippen LogP contribution in [0.3, 0.4) is 0 Å². The predicted molar refractivity (Wildman–Crippen MR) is 109 cm³/mol. The van der Waals surface area contributed by atoms with Crippen molar-refractivity contribution in [3.63, 3.8) is 0 Å². The first-order valence-electron chi connectivity index (χ1n) is 9.87. The normalized spacial score (nSPS) is 14.6. The van der Waals surface area contributed by atoms with Gasteiger partial charge in [-0.15, -0.1) is 0 Å². The Hall–Kier alpha value is -3.16. The van der Waals surface area contributed by atoms with E-state index >= 15 is 0 Å². The molecule has 1 aromatic carbocycles. The Labute approximate surface area is 170 Å². The lowest BCUT2D eigenvalue weighted by atomic mass is 10.1. The number of nitrogens with zero attached hydrogens (tertiary/aromatic N) is 4. The zero-order valence-electron chi connectivity index (χ0n) is 17.1. The zero-order valence-corrected chi connectivity index (χ0v) is 17.1. The molecule has 0 saturated carbocycles. The van der Waals surface area contributed by atoms with Crippen molar-refractivity contribution < 1.29 is 14.4 Å². The van der Waals surface area contributed by atoms with E-state index in [1.54, 1.807) is 12.3 Å². The van der Waals surface area contributed by atoms with Crippen molar-refractivity contribution in [3.05, 3.63) is 48.0 Å². The summed E-state index contributed by atoms with van der Waals surface area (Å²) < 4.78 is 2.09. The number of anilines is 1. The summed E-state index contributed by atoms with van der Waals surface area (Å²) in [4.78, 5) is 43.7. The van der Waals surface area contributed by atoms with E-state index in [1.165, 1.54) is 9.80 Å². The quantitative estimate of drug-likeness (QED) is 0.720. The number of piperazine rings is 1. The molecule has 1 aromatic heterocycles. The highest BCUT2D eigenvalue weighted by molar-refractivity contribution is 6.35. The SMILES string of the molecule is CCN1CCN(CC(=O)Nc2cccc(Cn3ccnc3C(C)C)c2)C(=O)C1=O. The standard InChI is InChI=1S/C21H27N5O3/c1-4-24-10-11-26(21(29)20(24)28)14-18(27)23-17-7-5-6-16(12-17)13-25-9-8-22-19(25)15(2)3/h5-9,12,15H,4,10-11,13-14H2,1-3H3,(H,23,27). The van der Waals surface area contributed by atoms with E-state index in [0.717, 1.165) is 11.4 Å². The number of carbonyl (C=O) groups excluding carboxylic acids is 3. The summed E-state index contributed by atoms with van der Waals surface area (Å²) >= 11 is 0. The molecule has 0 radical (unpaired) electrons. The zero-order chi connectivity index (χ0) is 21.0.